The van der Waals surface area contributed by atoms with E-state index in [1.165, 1.54) is 12.1 Å². The third-order valence-corrected chi connectivity index (χ3v) is 3.69. The summed E-state index contributed by atoms with van der Waals surface area (Å²) in [6.45, 7) is 5.88. The van der Waals surface area contributed by atoms with Gasteiger partial charge < -0.3 is 5.32 Å². The molecular weight excluding hydrogens is 289 g/mol. The molecule has 0 spiro atoms. The summed E-state index contributed by atoms with van der Waals surface area (Å²) in [6.07, 6.45) is -0.0851. The van der Waals surface area contributed by atoms with Crippen molar-refractivity contribution in [2.75, 3.05) is 5.32 Å². The number of anilines is 1. The molecule has 0 aliphatic carbocycles. The Bertz CT molecular complexity index is 654. The minimum absolute atomic E-state index is 0.0851. The molecule has 110 valence electrons. The van der Waals surface area contributed by atoms with Crippen LogP contribution in [0.2, 0.25) is 5.02 Å². The Labute approximate surface area is 128 Å². The second-order valence-corrected chi connectivity index (χ2v) is 5.61. The smallest absolute Gasteiger partial charge is 0.228 e. The van der Waals surface area contributed by atoms with Crippen LogP contribution in [0, 0.1) is 26.6 Å². The highest BCUT2D eigenvalue weighted by Crippen LogP contribution is 2.23. The van der Waals surface area contributed by atoms with Gasteiger partial charge in [0.2, 0.25) is 5.91 Å². The third kappa shape index (κ3) is 3.61. The Hall–Kier alpha value is -1.87. The van der Waals surface area contributed by atoms with E-state index in [-0.39, 0.29) is 22.9 Å². The van der Waals surface area contributed by atoms with Gasteiger partial charge in [0.15, 0.2) is 0 Å². The summed E-state index contributed by atoms with van der Waals surface area (Å²) in [5.41, 5.74) is 4.11. The molecule has 2 nitrogen and oxygen atoms in total. The van der Waals surface area contributed by atoms with E-state index in [0.717, 1.165) is 22.4 Å². The van der Waals surface area contributed by atoms with Crippen molar-refractivity contribution in [3.63, 3.8) is 0 Å². The molecule has 1 amide bonds. The van der Waals surface area contributed by atoms with Crippen molar-refractivity contribution in [3.05, 3.63) is 63.4 Å². The van der Waals surface area contributed by atoms with Gasteiger partial charge in [-0.1, -0.05) is 35.4 Å². The number of amides is 1. The fraction of sp³-hybridized carbons (Fsp3) is 0.235. The SMILES string of the molecule is Cc1cc(C)c(NC(=O)Cc2c(F)cccc2Cl)c(C)c1. The summed E-state index contributed by atoms with van der Waals surface area (Å²) in [6, 6.07) is 8.40. The molecule has 21 heavy (non-hydrogen) atoms. The highest BCUT2D eigenvalue weighted by atomic mass is 35.5. The summed E-state index contributed by atoms with van der Waals surface area (Å²) < 4.78 is 13.7. The van der Waals surface area contributed by atoms with Crippen LogP contribution in [0.3, 0.4) is 0 Å². The van der Waals surface area contributed by atoms with E-state index >= 15 is 0 Å². The molecule has 0 unspecified atom stereocenters. The van der Waals surface area contributed by atoms with Crippen molar-refractivity contribution in [3.8, 4) is 0 Å². The van der Waals surface area contributed by atoms with Crippen molar-refractivity contribution in [1.82, 2.24) is 0 Å². The van der Waals surface area contributed by atoms with Crippen molar-refractivity contribution >= 4 is 23.2 Å². The lowest BCUT2D eigenvalue weighted by molar-refractivity contribution is -0.115. The number of hydrogen-bond donors (Lipinski definition) is 1. The van der Waals surface area contributed by atoms with Crippen LogP contribution < -0.4 is 5.32 Å². The molecule has 0 heterocycles. The predicted molar refractivity (Wildman–Crippen MR) is 84.4 cm³/mol. The van der Waals surface area contributed by atoms with Crippen molar-refractivity contribution in [2.24, 2.45) is 0 Å². The molecule has 0 radical (unpaired) electrons. The van der Waals surface area contributed by atoms with Gasteiger partial charge in [-0.15, -0.1) is 0 Å². The van der Waals surface area contributed by atoms with Gasteiger partial charge in [-0.2, -0.15) is 0 Å². The maximum absolute atomic E-state index is 13.7. The van der Waals surface area contributed by atoms with Crippen molar-refractivity contribution < 1.29 is 9.18 Å². The van der Waals surface area contributed by atoms with Crippen LogP contribution >= 0.6 is 11.6 Å². The molecule has 0 aliphatic heterocycles. The molecule has 0 saturated carbocycles. The van der Waals surface area contributed by atoms with Crippen LogP contribution in [0.4, 0.5) is 10.1 Å². The zero-order valence-electron chi connectivity index (χ0n) is 12.3. The van der Waals surface area contributed by atoms with Gasteiger partial charge in [0, 0.05) is 16.3 Å². The molecule has 2 aromatic carbocycles. The number of halogens is 2. The van der Waals surface area contributed by atoms with Crippen molar-refractivity contribution in [1.29, 1.82) is 0 Å². The molecule has 1 N–H and O–H groups in total. The number of hydrogen-bond acceptors (Lipinski definition) is 1. The van der Waals surface area contributed by atoms with Crippen LogP contribution in [-0.2, 0) is 11.2 Å². The molecular formula is C17H17ClFNO. The van der Waals surface area contributed by atoms with E-state index in [4.69, 9.17) is 11.6 Å². The van der Waals surface area contributed by atoms with E-state index in [1.807, 2.05) is 32.9 Å². The van der Waals surface area contributed by atoms with Gasteiger partial charge in [-0.25, -0.2) is 4.39 Å². The van der Waals surface area contributed by atoms with Gasteiger partial charge in [0.25, 0.3) is 0 Å². The molecule has 0 saturated heterocycles. The lowest BCUT2D eigenvalue weighted by atomic mass is 10.0. The minimum atomic E-state index is -0.463. The Morgan fingerprint density at radius 2 is 1.81 bits per heavy atom. The van der Waals surface area contributed by atoms with Gasteiger partial charge in [0.05, 0.1) is 6.42 Å². The van der Waals surface area contributed by atoms with E-state index in [9.17, 15) is 9.18 Å². The molecule has 0 aliphatic rings. The fourth-order valence-corrected chi connectivity index (χ4v) is 2.65. The summed E-state index contributed by atoms with van der Waals surface area (Å²) in [7, 11) is 0. The van der Waals surface area contributed by atoms with Gasteiger partial charge in [-0.3, -0.25) is 4.79 Å². The van der Waals surface area contributed by atoms with E-state index in [0.29, 0.717) is 0 Å². The number of carbonyl (C=O) groups is 1. The quantitative estimate of drug-likeness (QED) is 0.883. The number of benzene rings is 2. The largest absolute Gasteiger partial charge is 0.325 e. The Balaban J connectivity index is 2.20. The lowest BCUT2D eigenvalue weighted by Crippen LogP contribution is -2.17. The van der Waals surface area contributed by atoms with Crippen molar-refractivity contribution in [2.45, 2.75) is 27.2 Å². The average molecular weight is 306 g/mol. The monoisotopic (exact) mass is 305 g/mol. The second kappa shape index (κ2) is 6.27. The fourth-order valence-electron chi connectivity index (χ4n) is 2.42. The summed E-state index contributed by atoms with van der Waals surface area (Å²) in [4.78, 5) is 12.1. The molecule has 4 heteroatoms. The molecule has 2 rings (SSSR count). The Morgan fingerprint density at radius 3 is 2.38 bits per heavy atom. The van der Waals surface area contributed by atoms with Crippen LogP contribution in [0.5, 0.6) is 0 Å². The van der Waals surface area contributed by atoms with Gasteiger partial charge in [-0.05, 0) is 44.0 Å². The maximum atomic E-state index is 13.7. The number of aryl methyl sites for hydroxylation is 3. The van der Waals surface area contributed by atoms with E-state index < -0.39 is 5.82 Å². The van der Waals surface area contributed by atoms with Gasteiger partial charge in [0.1, 0.15) is 5.82 Å². The minimum Gasteiger partial charge on any atom is -0.325 e. The molecule has 0 bridgehead atoms. The normalized spacial score (nSPS) is 10.5. The number of carbonyl (C=O) groups excluding carboxylic acids is 1. The highest BCUT2D eigenvalue weighted by molar-refractivity contribution is 6.31. The standard InChI is InChI=1S/C17H17ClFNO/c1-10-7-11(2)17(12(3)8-10)20-16(21)9-13-14(18)5-4-6-15(13)19/h4-8H,9H2,1-3H3,(H,20,21). The first-order valence-corrected chi connectivity index (χ1v) is 7.07. The molecule has 2 aromatic rings. The predicted octanol–water partition coefficient (Wildman–Crippen LogP) is 4.59. The van der Waals surface area contributed by atoms with Gasteiger partial charge >= 0.3 is 0 Å². The van der Waals surface area contributed by atoms with Crippen LogP contribution in [0.25, 0.3) is 0 Å². The first-order chi connectivity index (χ1) is 9.88. The number of nitrogens with one attached hydrogen (secondary N) is 1. The Morgan fingerprint density at radius 1 is 1.19 bits per heavy atom. The van der Waals surface area contributed by atoms with Crippen LogP contribution in [-0.4, -0.2) is 5.91 Å². The van der Waals surface area contributed by atoms with E-state index in [2.05, 4.69) is 5.32 Å². The second-order valence-electron chi connectivity index (χ2n) is 5.20. The molecule has 0 atom stereocenters. The zero-order valence-corrected chi connectivity index (χ0v) is 13.0. The summed E-state index contributed by atoms with van der Waals surface area (Å²) in [5.74, 6) is -0.743. The van der Waals surface area contributed by atoms with Crippen LogP contribution in [0.1, 0.15) is 22.3 Å². The molecule has 0 aromatic heterocycles. The Kier molecular flexibility index (Phi) is 4.63. The first-order valence-electron chi connectivity index (χ1n) is 6.69. The lowest BCUT2D eigenvalue weighted by Gasteiger charge is -2.13. The maximum Gasteiger partial charge on any atom is 0.228 e. The number of rotatable bonds is 3. The van der Waals surface area contributed by atoms with E-state index in [1.54, 1.807) is 6.07 Å². The zero-order chi connectivity index (χ0) is 15.6. The average Bonchev–Trinajstić information content (AvgIpc) is 2.38. The summed E-state index contributed by atoms with van der Waals surface area (Å²) >= 11 is 5.94. The summed E-state index contributed by atoms with van der Waals surface area (Å²) in [5, 5.41) is 3.11. The third-order valence-electron chi connectivity index (χ3n) is 3.34. The van der Waals surface area contributed by atoms with Crippen LogP contribution in [0.15, 0.2) is 30.3 Å². The highest BCUT2D eigenvalue weighted by Gasteiger charge is 2.13. The molecule has 0 fully saturated rings. The first kappa shape index (κ1) is 15.5. The topological polar surface area (TPSA) is 29.1 Å².